The molecule has 1 aliphatic heterocycles. The van der Waals surface area contributed by atoms with Crippen molar-refractivity contribution in [1.82, 2.24) is 4.90 Å². The third-order valence-electron chi connectivity index (χ3n) is 3.20. The van der Waals surface area contributed by atoms with Gasteiger partial charge in [-0.3, -0.25) is 4.79 Å². The van der Waals surface area contributed by atoms with Gasteiger partial charge in [0.15, 0.2) is 0 Å². The van der Waals surface area contributed by atoms with E-state index in [2.05, 4.69) is 12.6 Å². The Balaban J connectivity index is 0.00000191. The van der Waals surface area contributed by atoms with E-state index in [4.69, 9.17) is 5.26 Å². The summed E-state index contributed by atoms with van der Waals surface area (Å²) >= 11 is 0. The number of carbonyl (C=O) groups is 1. The van der Waals surface area contributed by atoms with Crippen LogP contribution in [0.25, 0.3) is 0 Å². The van der Waals surface area contributed by atoms with Gasteiger partial charge in [-0.05, 0) is 26.2 Å². The lowest BCUT2D eigenvalue weighted by Gasteiger charge is -2.20. The van der Waals surface area contributed by atoms with Gasteiger partial charge < -0.3 is 4.90 Å². The highest BCUT2D eigenvalue weighted by molar-refractivity contribution is 5.77. The number of allylic oxidation sites excluding steroid dienone is 4. The number of nitrogens with zero attached hydrogens (tertiary/aromatic N) is 2. The Hall–Kier alpha value is -1.82. The number of rotatable bonds is 5. The lowest BCUT2D eigenvalue weighted by Crippen LogP contribution is -2.32. The molecule has 0 aromatic rings. The molecule has 1 atom stereocenters. The lowest BCUT2D eigenvalue weighted by atomic mass is 10.0. The Labute approximate surface area is 129 Å². The summed E-state index contributed by atoms with van der Waals surface area (Å²) in [6.07, 6.45) is 10.9. The SMILES string of the molecule is C=CC/C=C\C=C(/C)CN1CCCC(C#N)CC1=O.CC. The predicted molar refractivity (Wildman–Crippen MR) is 88.6 cm³/mol. The zero-order valence-corrected chi connectivity index (χ0v) is 13.6. The van der Waals surface area contributed by atoms with Crippen LogP contribution in [0.5, 0.6) is 0 Å². The highest BCUT2D eigenvalue weighted by atomic mass is 16.2. The zero-order valence-electron chi connectivity index (χ0n) is 13.6. The molecule has 0 bridgehead atoms. The van der Waals surface area contributed by atoms with E-state index in [1.54, 1.807) is 0 Å². The molecule has 0 radical (unpaired) electrons. The summed E-state index contributed by atoms with van der Waals surface area (Å²) < 4.78 is 0. The van der Waals surface area contributed by atoms with Gasteiger partial charge in [0.25, 0.3) is 0 Å². The fourth-order valence-electron chi connectivity index (χ4n) is 2.13. The first-order valence-corrected chi connectivity index (χ1v) is 7.78. The van der Waals surface area contributed by atoms with Crippen LogP contribution in [0.15, 0.2) is 36.5 Å². The number of amides is 1. The first-order chi connectivity index (χ1) is 10.2. The monoisotopic (exact) mass is 288 g/mol. The molecule has 116 valence electrons. The zero-order chi connectivity index (χ0) is 16.1. The normalized spacial score (nSPS) is 19.5. The topological polar surface area (TPSA) is 44.1 Å². The van der Waals surface area contributed by atoms with Gasteiger partial charge >= 0.3 is 0 Å². The van der Waals surface area contributed by atoms with Crippen LogP contribution in [0.3, 0.4) is 0 Å². The third-order valence-corrected chi connectivity index (χ3v) is 3.20. The summed E-state index contributed by atoms with van der Waals surface area (Å²) in [5.74, 6) is 0.00106. The number of hydrogen-bond acceptors (Lipinski definition) is 2. The van der Waals surface area contributed by atoms with Gasteiger partial charge in [-0.25, -0.2) is 0 Å². The molecule has 0 aliphatic carbocycles. The first kappa shape index (κ1) is 19.2. The highest BCUT2D eigenvalue weighted by Gasteiger charge is 2.22. The van der Waals surface area contributed by atoms with E-state index < -0.39 is 0 Å². The van der Waals surface area contributed by atoms with Crippen LogP contribution in [0.4, 0.5) is 0 Å². The van der Waals surface area contributed by atoms with E-state index in [1.807, 2.05) is 50.0 Å². The largest absolute Gasteiger partial charge is 0.339 e. The van der Waals surface area contributed by atoms with E-state index in [1.165, 1.54) is 0 Å². The summed E-state index contributed by atoms with van der Waals surface area (Å²) in [6, 6.07) is 2.21. The molecule has 1 saturated heterocycles. The fourth-order valence-corrected chi connectivity index (χ4v) is 2.13. The Morgan fingerprint density at radius 3 is 2.86 bits per heavy atom. The van der Waals surface area contributed by atoms with Gasteiger partial charge in [-0.2, -0.15) is 5.26 Å². The second kappa shape index (κ2) is 12.0. The van der Waals surface area contributed by atoms with Crippen LogP contribution < -0.4 is 0 Å². The van der Waals surface area contributed by atoms with Crippen molar-refractivity contribution in [2.45, 2.75) is 46.5 Å². The molecular weight excluding hydrogens is 260 g/mol. The Kier molecular flexibility index (Phi) is 10.9. The van der Waals surface area contributed by atoms with E-state index >= 15 is 0 Å². The van der Waals surface area contributed by atoms with Gasteiger partial charge in [0, 0.05) is 19.5 Å². The molecule has 0 N–H and O–H groups in total. The lowest BCUT2D eigenvalue weighted by molar-refractivity contribution is -0.130. The average molecular weight is 288 g/mol. The summed E-state index contributed by atoms with van der Waals surface area (Å²) in [7, 11) is 0. The van der Waals surface area contributed by atoms with E-state index in [9.17, 15) is 4.79 Å². The maximum Gasteiger partial charge on any atom is 0.224 e. The second-order valence-electron chi connectivity index (χ2n) is 4.95. The average Bonchev–Trinajstić information content (AvgIpc) is 2.68. The minimum absolute atomic E-state index is 0.103. The van der Waals surface area contributed by atoms with Gasteiger partial charge in [-0.15, -0.1) is 6.58 Å². The smallest absolute Gasteiger partial charge is 0.224 e. The summed E-state index contributed by atoms with van der Waals surface area (Å²) in [5, 5.41) is 8.92. The van der Waals surface area contributed by atoms with Crippen molar-refractivity contribution in [1.29, 1.82) is 5.26 Å². The van der Waals surface area contributed by atoms with Crippen molar-refractivity contribution in [2.24, 2.45) is 5.92 Å². The number of likely N-dealkylation sites (tertiary alicyclic amines) is 1. The maximum absolute atomic E-state index is 12.0. The number of hydrogen-bond donors (Lipinski definition) is 0. The first-order valence-electron chi connectivity index (χ1n) is 7.78. The molecule has 0 saturated carbocycles. The van der Waals surface area contributed by atoms with Crippen LogP contribution in [-0.4, -0.2) is 23.9 Å². The van der Waals surface area contributed by atoms with Crippen LogP contribution in [0.2, 0.25) is 0 Å². The molecule has 1 heterocycles. The highest BCUT2D eigenvalue weighted by Crippen LogP contribution is 2.18. The molecule has 0 aromatic carbocycles. The minimum atomic E-state index is -0.103. The van der Waals surface area contributed by atoms with Gasteiger partial charge in [0.2, 0.25) is 5.91 Å². The Morgan fingerprint density at radius 1 is 1.52 bits per heavy atom. The molecule has 3 heteroatoms. The van der Waals surface area contributed by atoms with Crippen molar-refractivity contribution < 1.29 is 4.79 Å². The summed E-state index contributed by atoms with van der Waals surface area (Å²) in [4.78, 5) is 13.9. The van der Waals surface area contributed by atoms with Crippen molar-refractivity contribution in [2.75, 3.05) is 13.1 Å². The standard InChI is InChI=1S/C16H22N2O.C2H6/c1-3-4-5-6-8-14(2)13-18-10-7-9-15(12-17)11-16(18)19;1-2/h3,5-6,8,15H,1,4,7,9-11,13H2,2H3;1-2H3/b6-5-,14-8+;. The molecule has 1 aliphatic rings. The number of carbonyl (C=O) groups excluding carboxylic acids is 1. The third kappa shape index (κ3) is 8.14. The summed E-state index contributed by atoms with van der Waals surface area (Å²) in [5.41, 5.74) is 1.16. The molecule has 21 heavy (non-hydrogen) atoms. The fraction of sp³-hybridized carbons (Fsp3) is 0.556. The van der Waals surface area contributed by atoms with Crippen LogP contribution in [-0.2, 0) is 4.79 Å². The van der Waals surface area contributed by atoms with Crippen molar-refractivity contribution in [3.8, 4) is 6.07 Å². The molecule has 1 rings (SSSR count). The Bertz CT molecular complexity index is 415. The van der Waals surface area contributed by atoms with Crippen molar-refractivity contribution in [3.63, 3.8) is 0 Å². The van der Waals surface area contributed by atoms with Crippen molar-refractivity contribution >= 4 is 5.91 Å². The molecular formula is C18H28N2O. The molecule has 0 spiro atoms. The second-order valence-corrected chi connectivity index (χ2v) is 4.95. The van der Waals surface area contributed by atoms with Gasteiger partial charge in [-0.1, -0.05) is 43.7 Å². The molecule has 1 amide bonds. The van der Waals surface area contributed by atoms with E-state index in [0.29, 0.717) is 13.0 Å². The summed E-state index contributed by atoms with van der Waals surface area (Å²) in [6.45, 7) is 11.1. The van der Waals surface area contributed by atoms with Crippen molar-refractivity contribution in [3.05, 3.63) is 36.5 Å². The Morgan fingerprint density at radius 2 is 2.24 bits per heavy atom. The molecule has 1 unspecified atom stereocenters. The van der Waals surface area contributed by atoms with Gasteiger partial charge in [0.1, 0.15) is 0 Å². The van der Waals surface area contributed by atoms with Crippen LogP contribution in [0.1, 0.15) is 46.5 Å². The quantitative estimate of drug-likeness (QED) is 0.561. The van der Waals surface area contributed by atoms with Gasteiger partial charge in [0.05, 0.1) is 12.0 Å². The molecule has 1 fully saturated rings. The van der Waals surface area contributed by atoms with E-state index in [0.717, 1.165) is 31.4 Å². The van der Waals surface area contributed by atoms with Crippen LogP contribution in [0, 0.1) is 17.2 Å². The van der Waals surface area contributed by atoms with E-state index in [-0.39, 0.29) is 11.8 Å². The van der Waals surface area contributed by atoms with Crippen LogP contribution >= 0.6 is 0 Å². The molecule has 3 nitrogen and oxygen atoms in total. The molecule has 0 aromatic heterocycles. The predicted octanol–water partition coefficient (Wildman–Crippen LogP) is 4.24. The maximum atomic E-state index is 12.0. The number of nitriles is 1. The minimum Gasteiger partial charge on any atom is -0.339 e.